The van der Waals surface area contributed by atoms with Crippen molar-refractivity contribution in [3.8, 4) is 16.9 Å². The van der Waals surface area contributed by atoms with Crippen LogP contribution in [0.15, 0.2) is 18.2 Å². The Morgan fingerprint density at radius 3 is 2.77 bits per heavy atom. The zero-order valence-electron chi connectivity index (χ0n) is 7.43. The van der Waals surface area contributed by atoms with E-state index < -0.39 is 0 Å². The first kappa shape index (κ1) is 10.7. The highest BCUT2D eigenvalue weighted by molar-refractivity contribution is 14.2. The smallest absolute Gasteiger partial charge is 0.121 e. The highest BCUT2D eigenvalue weighted by Gasteiger charge is 1.96. The molecule has 3 heteroatoms. The Labute approximate surface area is 94.8 Å². The van der Waals surface area contributed by atoms with Gasteiger partial charge in [-0.05, 0) is 44.9 Å². The molecule has 0 saturated heterocycles. The molecule has 0 fully saturated rings. The van der Waals surface area contributed by atoms with E-state index in [1.807, 2.05) is 25.1 Å². The molecular weight excluding hydrogens is 295 g/mol. The van der Waals surface area contributed by atoms with Crippen LogP contribution in [-0.2, 0) is 0 Å². The maximum Gasteiger partial charge on any atom is 0.121 e. The summed E-state index contributed by atoms with van der Waals surface area (Å²) in [5.74, 6) is 3.95. The topological polar surface area (TPSA) is 9.23 Å². The van der Waals surface area contributed by atoms with E-state index in [9.17, 15) is 0 Å². The average molecular weight is 304 g/mol. The minimum absolute atomic E-state index is 0.910. The second-order valence-corrected chi connectivity index (χ2v) is 4.17. The zero-order valence-corrected chi connectivity index (χ0v) is 10.4. The quantitative estimate of drug-likeness (QED) is 0.581. The second kappa shape index (κ2) is 5.40. The number of hydrogen-bond donors (Lipinski definition) is 0. The lowest BCUT2D eigenvalue weighted by Crippen LogP contribution is -1.87. The van der Waals surface area contributed by atoms with E-state index >= 15 is 0 Å². The van der Waals surface area contributed by atoms with Gasteiger partial charge in [0, 0.05) is 26.8 Å². The molecule has 0 N–H and O–H groups in total. The van der Waals surface area contributed by atoms with Crippen molar-refractivity contribution in [3.05, 3.63) is 29.3 Å². The van der Waals surface area contributed by atoms with Gasteiger partial charge in [-0.15, -0.1) is 0 Å². The van der Waals surface area contributed by atoms with Crippen LogP contribution < -0.4 is 4.74 Å². The molecule has 1 rings (SSSR count). The van der Waals surface area contributed by atoms with Gasteiger partial charge in [-0.25, -0.2) is 0 Å². The molecule has 0 aliphatic carbocycles. The van der Waals surface area contributed by atoms with Crippen molar-refractivity contribution in [2.75, 3.05) is 7.11 Å². The summed E-state index contributed by atoms with van der Waals surface area (Å²) in [4.78, 5) is 0. The van der Waals surface area contributed by atoms with Crippen molar-refractivity contribution in [1.82, 2.24) is 0 Å². The first-order valence-electron chi connectivity index (χ1n) is 3.71. The van der Waals surface area contributed by atoms with Gasteiger partial charge in [0.1, 0.15) is 5.75 Å². The number of halogens is 1. The van der Waals surface area contributed by atoms with Crippen molar-refractivity contribution in [2.45, 2.75) is 6.92 Å². The monoisotopic (exact) mass is 304 g/mol. The van der Waals surface area contributed by atoms with Gasteiger partial charge in [-0.1, -0.05) is 5.92 Å². The Morgan fingerprint density at radius 2 is 2.23 bits per heavy atom. The van der Waals surface area contributed by atoms with Gasteiger partial charge in [0.2, 0.25) is 0 Å². The molecule has 68 valence electrons. The molecule has 0 amide bonds. The summed E-state index contributed by atoms with van der Waals surface area (Å²) in [6, 6.07) is 5.93. The molecule has 1 nitrogen and oxygen atoms in total. The molecule has 1 aromatic rings. The van der Waals surface area contributed by atoms with Gasteiger partial charge in [0.25, 0.3) is 0 Å². The number of rotatable bonds is 1. The fraction of sp³-hybridized carbons (Fsp3) is 0.200. The highest BCUT2D eigenvalue weighted by atomic mass is 127. The number of methoxy groups -OCH3 is 1. The maximum absolute atomic E-state index is 5.15. The Bertz CT molecular complexity index is 352. The summed E-state index contributed by atoms with van der Waals surface area (Å²) in [7, 11) is 3.16. The Balaban J connectivity index is 2.96. The van der Waals surface area contributed by atoms with Crippen molar-refractivity contribution >= 4 is 30.1 Å². The lowest BCUT2D eigenvalue weighted by atomic mass is 10.1. The molecule has 0 bridgehead atoms. The van der Waals surface area contributed by atoms with E-state index in [2.05, 4.69) is 32.4 Å². The Hall–Kier alpha value is -0.340. The van der Waals surface area contributed by atoms with Gasteiger partial charge < -0.3 is 4.74 Å². The molecule has 0 spiro atoms. The van der Waals surface area contributed by atoms with Crippen LogP contribution in [0.3, 0.4) is 0 Å². The Morgan fingerprint density at radius 1 is 1.46 bits per heavy atom. The first-order valence-corrected chi connectivity index (χ1v) is 7.07. The van der Waals surface area contributed by atoms with E-state index in [-0.39, 0.29) is 0 Å². The fourth-order valence-electron chi connectivity index (χ4n) is 1.03. The van der Waals surface area contributed by atoms with Gasteiger partial charge in [0.05, 0.1) is 7.11 Å². The van der Waals surface area contributed by atoms with Gasteiger partial charge >= 0.3 is 0 Å². The van der Waals surface area contributed by atoms with Crippen molar-refractivity contribution in [2.24, 2.45) is 0 Å². The van der Waals surface area contributed by atoms with Crippen LogP contribution in [-0.4, -0.2) is 7.11 Å². The van der Waals surface area contributed by atoms with E-state index in [1.54, 1.807) is 7.11 Å². The molecule has 0 unspecified atom stereocenters. The summed E-state index contributed by atoms with van der Waals surface area (Å²) < 4.78 is 5.15. The van der Waals surface area contributed by atoms with Gasteiger partial charge in [-0.2, -0.15) is 0 Å². The van der Waals surface area contributed by atoms with E-state index in [4.69, 9.17) is 4.74 Å². The van der Waals surface area contributed by atoms with Crippen LogP contribution in [0.1, 0.15) is 11.1 Å². The van der Waals surface area contributed by atoms with Crippen LogP contribution in [0.2, 0.25) is 0 Å². The minimum atomic E-state index is 0.910. The lowest BCUT2D eigenvalue weighted by molar-refractivity contribution is 0.411. The van der Waals surface area contributed by atoms with Crippen LogP contribution >= 0.6 is 30.1 Å². The van der Waals surface area contributed by atoms with Crippen LogP contribution in [0.5, 0.6) is 5.75 Å². The fourth-order valence-corrected chi connectivity index (χ4v) is 1.52. The van der Waals surface area contributed by atoms with Crippen molar-refractivity contribution < 1.29 is 4.74 Å². The summed E-state index contributed by atoms with van der Waals surface area (Å²) in [5, 5.41) is 2.94. The first-order chi connectivity index (χ1) is 6.27. The predicted octanol–water partition coefficient (Wildman–Crippen LogP) is 3.40. The summed E-state index contributed by atoms with van der Waals surface area (Å²) in [6.07, 6.45) is 0. The molecule has 0 atom stereocenters. The van der Waals surface area contributed by atoms with Gasteiger partial charge in [-0.3, -0.25) is 0 Å². The average Bonchev–Trinajstić information content (AvgIpc) is 2.15. The lowest BCUT2D eigenvalue weighted by Gasteiger charge is -2.03. The molecule has 0 saturated carbocycles. The minimum Gasteiger partial charge on any atom is -0.496 e. The van der Waals surface area contributed by atoms with E-state index in [0.29, 0.717) is 0 Å². The molecule has 0 aliphatic rings. The Kier molecular flexibility index (Phi) is 4.46. The normalized spacial score (nSPS) is 8.85. The molecule has 0 radical (unpaired) electrons. The van der Waals surface area contributed by atoms with Crippen LogP contribution in [0, 0.1) is 18.1 Å². The third-order valence-electron chi connectivity index (χ3n) is 1.63. The summed E-state index contributed by atoms with van der Waals surface area (Å²) in [5.41, 5.74) is 2.15. The summed E-state index contributed by atoms with van der Waals surface area (Å²) in [6.45, 7) is 2.02. The van der Waals surface area contributed by atoms with Crippen molar-refractivity contribution in [1.29, 1.82) is 0 Å². The largest absolute Gasteiger partial charge is 0.496 e. The number of hydrogen-bond acceptors (Lipinski definition) is 2. The molecular formula is C10H9IOS. The third-order valence-corrected chi connectivity index (χ3v) is 2.47. The van der Waals surface area contributed by atoms with E-state index in [1.165, 1.54) is 8.93 Å². The highest BCUT2D eigenvalue weighted by Crippen LogP contribution is 2.18. The zero-order chi connectivity index (χ0) is 9.68. The molecule has 13 heavy (non-hydrogen) atoms. The molecule has 0 heterocycles. The molecule has 0 aliphatic heterocycles. The summed E-state index contributed by atoms with van der Waals surface area (Å²) >= 11 is 2.16. The number of aryl methyl sites for hydroxylation is 1. The molecule has 0 aromatic heterocycles. The van der Waals surface area contributed by atoms with E-state index in [0.717, 1.165) is 16.9 Å². The van der Waals surface area contributed by atoms with Crippen molar-refractivity contribution in [3.63, 3.8) is 0 Å². The number of benzene rings is 1. The number of ether oxygens (including phenoxy) is 1. The maximum atomic E-state index is 5.15. The van der Waals surface area contributed by atoms with Crippen LogP contribution in [0.25, 0.3) is 0 Å². The predicted molar refractivity (Wildman–Crippen MR) is 66.2 cm³/mol. The third kappa shape index (κ3) is 3.12. The van der Waals surface area contributed by atoms with Crippen LogP contribution in [0.4, 0.5) is 0 Å². The SMILES string of the molecule is COc1ccc(C#CSI)cc1C. The standard InChI is InChI=1S/C10H9IOS/c1-8-7-9(5-6-13-11)3-4-10(8)12-2/h3-4,7H,1-2H3. The van der Waals surface area contributed by atoms with Gasteiger partial charge in [0.15, 0.2) is 0 Å². The second-order valence-electron chi connectivity index (χ2n) is 2.49. The molecule has 1 aromatic carbocycles.